The normalized spacial score (nSPS) is 13.4. The van der Waals surface area contributed by atoms with Gasteiger partial charge in [0.05, 0.1) is 12.7 Å². The van der Waals surface area contributed by atoms with Crippen molar-refractivity contribution in [2.75, 3.05) is 12.4 Å². The number of pyridine rings is 1. The molecular formula is C15H16N4O2. The van der Waals surface area contributed by atoms with Gasteiger partial charge in [0.25, 0.3) is 5.91 Å². The summed E-state index contributed by atoms with van der Waals surface area (Å²) < 4.78 is 5.00. The summed E-state index contributed by atoms with van der Waals surface area (Å²) in [7, 11) is 1.52. The van der Waals surface area contributed by atoms with Crippen LogP contribution in [0.1, 0.15) is 34.5 Å². The molecule has 1 aliphatic rings. The Morgan fingerprint density at radius 2 is 2.05 bits per heavy atom. The fourth-order valence-corrected chi connectivity index (χ4v) is 2.42. The SMILES string of the molecule is COc1cc(NC(=O)c2cnc3c(c2)CCCC3)ncn1. The van der Waals surface area contributed by atoms with Crippen molar-refractivity contribution in [1.29, 1.82) is 0 Å². The Bertz CT molecular complexity index is 672. The molecule has 0 atom stereocenters. The van der Waals surface area contributed by atoms with Crippen LogP contribution in [0.4, 0.5) is 5.82 Å². The molecule has 3 rings (SSSR count). The van der Waals surface area contributed by atoms with Crippen molar-refractivity contribution in [1.82, 2.24) is 15.0 Å². The van der Waals surface area contributed by atoms with Crippen LogP contribution in [-0.4, -0.2) is 28.0 Å². The summed E-state index contributed by atoms with van der Waals surface area (Å²) in [5.41, 5.74) is 2.84. The molecule has 0 saturated heterocycles. The fourth-order valence-electron chi connectivity index (χ4n) is 2.42. The molecule has 21 heavy (non-hydrogen) atoms. The lowest BCUT2D eigenvalue weighted by Gasteiger charge is -2.15. The Morgan fingerprint density at radius 1 is 1.19 bits per heavy atom. The number of aromatic nitrogens is 3. The van der Waals surface area contributed by atoms with Crippen LogP contribution in [0.15, 0.2) is 24.7 Å². The van der Waals surface area contributed by atoms with Crippen molar-refractivity contribution in [3.63, 3.8) is 0 Å². The first kappa shape index (κ1) is 13.5. The van der Waals surface area contributed by atoms with Crippen LogP contribution in [-0.2, 0) is 12.8 Å². The van der Waals surface area contributed by atoms with Crippen LogP contribution in [0.2, 0.25) is 0 Å². The Kier molecular flexibility index (Phi) is 3.77. The number of hydrogen-bond donors (Lipinski definition) is 1. The van der Waals surface area contributed by atoms with Gasteiger partial charge in [-0.15, -0.1) is 0 Å². The van der Waals surface area contributed by atoms with Crippen molar-refractivity contribution in [3.8, 4) is 5.88 Å². The summed E-state index contributed by atoms with van der Waals surface area (Å²) in [5, 5.41) is 2.73. The van der Waals surface area contributed by atoms with Crippen LogP contribution >= 0.6 is 0 Å². The van der Waals surface area contributed by atoms with Gasteiger partial charge in [0.2, 0.25) is 5.88 Å². The fraction of sp³-hybridized carbons (Fsp3) is 0.333. The van der Waals surface area contributed by atoms with E-state index in [-0.39, 0.29) is 5.91 Å². The van der Waals surface area contributed by atoms with Crippen LogP contribution in [0, 0.1) is 0 Å². The van der Waals surface area contributed by atoms with Gasteiger partial charge in [0.1, 0.15) is 12.1 Å². The molecule has 0 spiro atoms. The highest BCUT2D eigenvalue weighted by atomic mass is 16.5. The molecule has 1 amide bonds. The third-order valence-electron chi connectivity index (χ3n) is 3.52. The van der Waals surface area contributed by atoms with Gasteiger partial charge < -0.3 is 10.1 Å². The van der Waals surface area contributed by atoms with E-state index in [1.807, 2.05) is 6.07 Å². The van der Waals surface area contributed by atoms with Crippen LogP contribution < -0.4 is 10.1 Å². The molecule has 0 saturated carbocycles. The minimum Gasteiger partial charge on any atom is -0.481 e. The molecular weight excluding hydrogens is 268 g/mol. The Hall–Kier alpha value is -2.50. The monoisotopic (exact) mass is 284 g/mol. The van der Waals surface area contributed by atoms with Crippen LogP contribution in [0.25, 0.3) is 0 Å². The summed E-state index contributed by atoms with van der Waals surface area (Å²) in [6.45, 7) is 0. The van der Waals surface area contributed by atoms with E-state index in [4.69, 9.17) is 4.74 Å². The molecule has 0 unspecified atom stereocenters. The smallest absolute Gasteiger partial charge is 0.258 e. The number of carbonyl (C=O) groups is 1. The van der Waals surface area contributed by atoms with E-state index in [1.165, 1.54) is 25.4 Å². The van der Waals surface area contributed by atoms with Crippen LogP contribution in [0.3, 0.4) is 0 Å². The summed E-state index contributed by atoms with van der Waals surface area (Å²) in [4.78, 5) is 24.5. The highest BCUT2D eigenvalue weighted by molar-refractivity contribution is 6.03. The zero-order chi connectivity index (χ0) is 14.7. The average Bonchev–Trinajstić information content (AvgIpc) is 2.54. The summed E-state index contributed by atoms with van der Waals surface area (Å²) in [5.74, 6) is 0.588. The molecule has 1 aliphatic carbocycles. The van der Waals surface area contributed by atoms with Crippen molar-refractivity contribution in [3.05, 3.63) is 41.5 Å². The lowest BCUT2D eigenvalue weighted by atomic mass is 9.95. The van der Waals surface area contributed by atoms with E-state index >= 15 is 0 Å². The molecule has 2 aromatic rings. The van der Waals surface area contributed by atoms with Gasteiger partial charge in [-0.05, 0) is 37.3 Å². The second-order valence-electron chi connectivity index (χ2n) is 4.94. The molecule has 0 fully saturated rings. The molecule has 108 valence electrons. The highest BCUT2D eigenvalue weighted by Gasteiger charge is 2.14. The molecule has 0 bridgehead atoms. The van der Waals surface area contributed by atoms with E-state index in [2.05, 4.69) is 20.3 Å². The van der Waals surface area contributed by atoms with Crippen molar-refractivity contribution in [2.24, 2.45) is 0 Å². The van der Waals surface area contributed by atoms with E-state index < -0.39 is 0 Å². The minimum atomic E-state index is -0.225. The van der Waals surface area contributed by atoms with Crippen molar-refractivity contribution >= 4 is 11.7 Å². The number of amides is 1. The zero-order valence-corrected chi connectivity index (χ0v) is 11.8. The summed E-state index contributed by atoms with van der Waals surface area (Å²) in [6.07, 6.45) is 7.29. The number of nitrogens with zero attached hydrogens (tertiary/aromatic N) is 3. The first-order chi connectivity index (χ1) is 10.3. The van der Waals surface area contributed by atoms with Gasteiger partial charge in [-0.2, -0.15) is 0 Å². The molecule has 0 radical (unpaired) electrons. The highest BCUT2D eigenvalue weighted by Crippen LogP contribution is 2.20. The van der Waals surface area contributed by atoms with E-state index in [0.717, 1.165) is 25.0 Å². The molecule has 1 N–H and O–H groups in total. The number of aryl methyl sites for hydroxylation is 2. The predicted octanol–water partition coefficient (Wildman–Crippen LogP) is 2.01. The van der Waals surface area contributed by atoms with Gasteiger partial charge in [-0.3, -0.25) is 9.78 Å². The first-order valence-corrected chi connectivity index (χ1v) is 6.91. The Morgan fingerprint density at radius 3 is 2.90 bits per heavy atom. The number of fused-ring (bicyclic) bond motifs is 1. The van der Waals surface area contributed by atoms with Gasteiger partial charge >= 0.3 is 0 Å². The maximum Gasteiger partial charge on any atom is 0.258 e. The Labute approximate surface area is 122 Å². The number of carbonyl (C=O) groups excluding carboxylic acids is 1. The molecule has 0 aromatic carbocycles. The van der Waals surface area contributed by atoms with E-state index in [9.17, 15) is 4.79 Å². The van der Waals surface area contributed by atoms with Gasteiger partial charge in [0, 0.05) is 18.0 Å². The van der Waals surface area contributed by atoms with Crippen LogP contribution in [0.5, 0.6) is 5.88 Å². The van der Waals surface area contributed by atoms with Gasteiger partial charge in [-0.25, -0.2) is 9.97 Å². The number of rotatable bonds is 3. The second kappa shape index (κ2) is 5.87. The molecule has 6 heteroatoms. The Balaban J connectivity index is 1.78. The van der Waals surface area contributed by atoms with Crippen molar-refractivity contribution < 1.29 is 9.53 Å². The number of nitrogens with one attached hydrogen (secondary N) is 1. The molecule has 0 aliphatic heterocycles. The average molecular weight is 284 g/mol. The van der Waals surface area contributed by atoms with Crippen molar-refractivity contribution in [2.45, 2.75) is 25.7 Å². The number of ether oxygens (including phenoxy) is 1. The predicted molar refractivity (Wildman–Crippen MR) is 77.4 cm³/mol. The van der Waals surface area contributed by atoms with Gasteiger partial charge in [-0.1, -0.05) is 0 Å². The lowest BCUT2D eigenvalue weighted by Crippen LogP contribution is -2.15. The minimum absolute atomic E-state index is 0.225. The van der Waals surface area contributed by atoms with Gasteiger partial charge in [0.15, 0.2) is 0 Å². The quantitative estimate of drug-likeness (QED) is 0.933. The number of anilines is 1. The maximum atomic E-state index is 12.2. The number of methoxy groups -OCH3 is 1. The standard InChI is InChI=1S/C15H16N4O2/c1-21-14-7-13(17-9-18-14)19-15(20)11-6-10-4-2-3-5-12(10)16-8-11/h6-9H,2-5H2,1H3,(H,17,18,19,20). The topological polar surface area (TPSA) is 77.0 Å². The summed E-state index contributed by atoms with van der Waals surface area (Å²) >= 11 is 0. The largest absolute Gasteiger partial charge is 0.481 e. The molecule has 2 aromatic heterocycles. The molecule has 6 nitrogen and oxygen atoms in total. The lowest BCUT2D eigenvalue weighted by molar-refractivity contribution is 0.102. The maximum absolute atomic E-state index is 12.2. The first-order valence-electron chi connectivity index (χ1n) is 6.91. The van der Waals surface area contributed by atoms with E-state index in [1.54, 1.807) is 12.3 Å². The zero-order valence-electron chi connectivity index (χ0n) is 11.8. The van der Waals surface area contributed by atoms with E-state index in [0.29, 0.717) is 17.3 Å². The molecule has 2 heterocycles. The summed E-state index contributed by atoms with van der Waals surface area (Å²) in [6, 6.07) is 3.50. The second-order valence-corrected chi connectivity index (χ2v) is 4.94. The third kappa shape index (κ3) is 2.99. The number of hydrogen-bond acceptors (Lipinski definition) is 5. The third-order valence-corrected chi connectivity index (χ3v) is 3.52.